The summed E-state index contributed by atoms with van der Waals surface area (Å²) in [5.41, 5.74) is 1.18. The lowest BCUT2D eigenvalue weighted by Gasteiger charge is -2.34. The van der Waals surface area contributed by atoms with Crippen molar-refractivity contribution < 1.29 is 4.74 Å². The van der Waals surface area contributed by atoms with Crippen molar-refractivity contribution in [3.05, 3.63) is 42.7 Å². The molecule has 2 N–H and O–H groups in total. The minimum absolute atomic E-state index is 0. The van der Waals surface area contributed by atoms with E-state index in [2.05, 4.69) is 33.8 Å². The Balaban J connectivity index is 0.00000300. The molecule has 1 aliphatic rings. The highest BCUT2D eigenvalue weighted by Gasteiger charge is 2.21. The number of nitrogens with one attached hydrogen (secondary N) is 2. The van der Waals surface area contributed by atoms with Gasteiger partial charge in [0.15, 0.2) is 5.96 Å². The van der Waals surface area contributed by atoms with E-state index in [1.54, 1.807) is 0 Å². The topological polar surface area (TPSA) is 66.7 Å². The smallest absolute Gasteiger partial charge is 0.191 e. The third kappa shape index (κ3) is 7.41. The number of para-hydroxylation sites is 1. The second-order valence-electron chi connectivity index (χ2n) is 7.26. The maximum absolute atomic E-state index is 5.93. The van der Waals surface area contributed by atoms with Crippen molar-refractivity contribution in [3.8, 4) is 5.75 Å². The molecule has 1 saturated heterocycles. The van der Waals surface area contributed by atoms with Crippen molar-refractivity contribution >= 4 is 35.6 Å². The Kier molecular flexibility index (Phi) is 9.56. The summed E-state index contributed by atoms with van der Waals surface area (Å²) in [4.78, 5) is 7.13. The highest BCUT2D eigenvalue weighted by molar-refractivity contribution is 14.0. The number of halogens is 1. The lowest BCUT2D eigenvalue weighted by molar-refractivity contribution is 0.230. The first-order valence-corrected chi connectivity index (χ1v) is 10.1. The molecule has 29 heavy (non-hydrogen) atoms. The summed E-state index contributed by atoms with van der Waals surface area (Å²) in [6.45, 7) is 7.59. The number of piperidine rings is 1. The summed E-state index contributed by atoms with van der Waals surface area (Å²) >= 11 is 0. The summed E-state index contributed by atoms with van der Waals surface area (Å²) < 4.78 is 7.78. The quantitative estimate of drug-likeness (QED) is 0.339. The lowest BCUT2D eigenvalue weighted by atomic mass is 10.1. The third-order valence-corrected chi connectivity index (χ3v) is 4.75. The maximum atomic E-state index is 5.93. The van der Waals surface area contributed by atoms with Crippen LogP contribution in [0.3, 0.4) is 0 Å². The van der Waals surface area contributed by atoms with Gasteiger partial charge in [0.2, 0.25) is 0 Å². The van der Waals surface area contributed by atoms with Gasteiger partial charge in [-0.3, -0.25) is 4.68 Å². The normalized spacial score (nSPS) is 18.0. The van der Waals surface area contributed by atoms with Crippen LogP contribution < -0.4 is 20.3 Å². The van der Waals surface area contributed by atoms with Gasteiger partial charge in [-0.05, 0) is 38.8 Å². The van der Waals surface area contributed by atoms with Crippen molar-refractivity contribution in [1.82, 2.24) is 20.4 Å². The van der Waals surface area contributed by atoms with E-state index >= 15 is 0 Å². The van der Waals surface area contributed by atoms with Crippen molar-refractivity contribution in [2.75, 3.05) is 31.1 Å². The molecule has 0 amide bonds. The Hall–Kier alpha value is -1.97. The van der Waals surface area contributed by atoms with E-state index < -0.39 is 0 Å². The van der Waals surface area contributed by atoms with Gasteiger partial charge in [0.1, 0.15) is 11.9 Å². The van der Waals surface area contributed by atoms with Gasteiger partial charge in [0.05, 0.1) is 18.4 Å². The van der Waals surface area contributed by atoms with E-state index in [9.17, 15) is 0 Å². The molecule has 3 rings (SSSR count). The van der Waals surface area contributed by atoms with Crippen LogP contribution in [0.4, 0.5) is 5.69 Å². The van der Waals surface area contributed by atoms with E-state index in [-0.39, 0.29) is 30.1 Å². The Labute approximate surface area is 190 Å². The molecule has 1 aromatic carbocycles. The Bertz CT molecular complexity index is 751. The molecule has 2 aromatic rings. The fraction of sp³-hybridized carbons (Fsp3) is 0.524. The number of hydrogen-bond acceptors (Lipinski definition) is 4. The Morgan fingerprint density at radius 2 is 2.14 bits per heavy atom. The molecular weight excluding hydrogens is 479 g/mol. The van der Waals surface area contributed by atoms with E-state index in [0.29, 0.717) is 12.6 Å². The highest BCUT2D eigenvalue weighted by Crippen LogP contribution is 2.19. The average molecular weight is 512 g/mol. The molecule has 7 nitrogen and oxygen atoms in total. The van der Waals surface area contributed by atoms with Crippen LogP contribution in [0.5, 0.6) is 5.75 Å². The third-order valence-electron chi connectivity index (χ3n) is 4.75. The number of ether oxygens (including phenoxy) is 1. The first kappa shape index (κ1) is 23.3. The number of hydrogen-bond donors (Lipinski definition) is 2. The van der Waals surface area contributed by atoms with Crippen LogP contribution in [-0.2, 0) is 7.05 Å². The number of rotatable bonds is 7. The van der Waals surface area contributed by atoms with Crippen LogP contribution in [0.2, 0.25) is 0 Å². The summed E-state index contributed by atoms with van der Waals surface area (Å²) in [5, 5.41) is 11.2. The molecule has 160 valence electrons. The number of aliphatic imine (C=N–C) groups is 1. The van der Waals surface area contributed by atoms with Gasteiger partial charge in [-0.2, -0.15) is 5.10 Å². The Morgan fingerprint density at radius 1 is 1.34 bits per heavy atom. The summed E-state index contributed by atoms with van der Waals surface area (Å²) in [7, 11) is 1.96. The molecule has 1 aromatic heterocycles. The van der Waals surface area contributed by atoms with Gasteiger partial charge in [-0.1, -0.05) is 18.2 Å². The first-order valence-electron chi connectivity index (χ1n) is 10.1. The largest absolute Gasteiger partial charge is 0.489 e. The van der Waals surface area contributed by atoms with Crippen LogP contribution in [0.25, 0.3) is 0 Å². The van der Waals surface area contributed by atoms with Gasteiger partial charge in [0.25, 0.3) is 0 Å². The molecule has 2 atom stereocenters. The zero-order chi connectivity index (χ0) is 19.8. The molecule has 0 spiro atoms. The number of aryl methyl sites for hydroxylation is 1. The molecule has 2 heterocycles. The monoisotopic (exact) mass is 512 g/mol. The number of guanidine groups is 1. The predicted molar refractivity (Wildman–Crippen MR) is 130 cm³/mol. The van der Waals surface area contributed by atoms with Crippen LogP contribution in [0.1, 0.15) is 26.7 Å². The van der Waals surface area contributed by atoms with E-state index in [0.717, 1.165) is 44.2 Å². The molecule has 0 bridgehead atoms. The summed E-state index contributed by atoms with van der Waals surface area (Å²) in [6.07, 6.45) is 6.31. The zero-order valence-corrected chi connectivity index (χ0v) is 19.9. The maximum Gasteiger partial charge on any atom is 0.191 e. The van der Waals surface area contributed by atoms with Gasteiger partial charge >= 0.3 is 0 Å². The van der Waals surface area contributed by atoms with Crippen molar-refractivity contribution in [1.29, 1.82) is 0 Å². The highest BCUT2D eigenvalue weighted by atomic mass is 127. The van der Waals surface area contributed by atoms with Crippen LogP contribution >= 0.6 is 24.0 Å². The molecule has 1 fully saturated rings. The molecule has 0 radical (unpaired) electrons. The fourth-order valence-corrected chi connectivity index (χ4v) is 3.40. The van der Waals surface area contributed by atoms with E-state index in [4.69, 9.17) is 9.73 Å². The second-order valence-corrected chi connectivity index (χ2v) is 7.26. The first-order chi connectivity index (χ1) is 13.6. The summed E-state index contributed by atoms with van der Waals surface area (Å²) in [6, 6.07) is 10.2. The summed E-state index contributed by atoms with van der Waals surface area (Å²) in [5.74, 6) is 1.73. The minimum atomic E-state index is 0. The van der Waals surface area contributed by atoms with Crippen molar-refractivity contribution in [2.24, 2.45) is 12.0 Å². The van der Waals surface area contributed by atoms with Crippen LogP contribution in [-0.4, -0.2) is 54.1 Å². The minimum Gasteiger partial charge on any atom is -0.489 e. The Morgan fingerprint density at radius 3 is 2.83 bits per heavy atom. The molecule has 1 aliphatic heterocycles. The molecular formula is C21H33IN6O. The lowest BCUT2D eigenvalue weighted by Crippen LogP contribution is -2.51. The number of benzene rings is 1. The van der Waals surface area contributed by atoms with E-state index in [1.807, 2.05) is 55.2 Å². The van der Waals surface area contributed by atoms with Gasteiger partial charge in [-0.25, -0.2) is 4.99 Å². The fourth-order valence-electron chi connectivity index (χ4n) is 3.40. The van der Waals surface area contributed by atoms with Gasteiger partial charge in [0, 0.05) is 38.9 Å². The SMILES string of the molecule is CCNC(=NCC(C)Oc1ccccc1)NC1CCCN(c2cnn(C)c2)C1.I. The predicted octanol–water partition coefficient (Wildman–Crippen LogP) is 3.03. The van der Waals surface area contributed by atoms with Gasteiger partial charge < -0.3 is 20.3 Å². The number of anilines is 1. The molecule has 8 heteroatoms. The number of aromatic nitrogens is 2. The van der Waals surface area contributed by atoms with Crippen molar-refractivity contribution in [2.45, 2.75) is 38.8 Å². The van der Waals surface area contributed by atoms with Crippen LogP contribution in [0, 0.1) is 0 Å². The van der Waals surface area contributed by atoms with Crippen LogP contribution in [0.15, 0.2) is 47.7 Å². The number of nitrogens with zero attached hydrogens (tertiary/aromatic N) is 4. The van der Waals surface area contributed by atoms with Crippen molar-refractivity contribution in [3.63, 3.8) is 0 Å². The molecule has 2 unspecified atom stereocenters. The average Bonchev–Trinajstić information content (AvgIpc) is 3.14. The van der Waals surface area contributed by atoms with Gasteiger partial charge in [-0.15, -0.1) is 24.0 Å². The van der Waals surface area contributed by atoms with E-state index in [1.165, 1.54) is 5.69 Å². The standard InChI is InChI=1S/C21H32N6O.HI/c1-4-22-21(23-13-17(2)28-20-10-6-5-7-11-20)25-18-9-8-12-27(15-18)19-14-24-26(3)16-19;/h5-7,10-11,14,16-18H,4,8-9,12-13,15H2,1-3H3,(H2,22,23,25);1H. The zero-order valence-electron chi connectivity index (χ0n) is 17.5. The molecule has 0 aliphatic carbocycles. The second kappa shape index (κ2) is 11.9. The molecule has 0 saturated carbocycles.